The van der Waals surface area contributed by atoms with Crippen LogP contribution in [0.1, 0.15) is 36.9 Å². The second kappa shape index (κ2) is 5.52. The predicted octanol–water partition coefficient (Wildman–Crippen LogP) is 3.23. The minimum atomic E-state index is 0.312. The van der Waals surface area contributed by atoms with Crippen molar-refractivity contribution in [2.45, 2.75) is 46.1 Å². The van der Waals surface area contributed by atoms with Crippen LogP contribution < -0.4 is 5.73 Å². The van der Waals surface area contributed by atoms with E-state index in [9.17, 15) is 0 Å². The van der Waals surface area contributed by atoms with Gasteiger partial charge in [0.15, 0.2) is 0 Å². The van der Waals surface area contributed by atoms with Crippen molar-refractivity contribution >= 4 is 11.3 Å². The van der Waals surface area contributed by atoms with Crippen molar-refractivity contribution in [3.8, 4) is 0 Å². The van der Waals surface area contributed by atoms with E-state index in [1.807, 2.05) is 11.3 Å². The second-order valence-corrected chi connectivity index (χ2v) is 5.21. The minimum absolute atomic E-state index is 0.312. The van der Waals surface area contributed by atoms with Gasteiger partial charge in [0.1, 0.15) is 0 Å². The number of thiophene rings is 1. The molecule has 1 aromatic heterocycles. The third-order valence-corrected chi connectivity index (χ3v) is 4.05. The van der Waals surface area contributed by atoms with E-state index in [4.69, 9.17) is 5.73 Å². The minimum Gasteiger partial charge on any atom is -0.328 e. The number of nitrogens with two attached hydrogens (primary N) is 1. The largest absolute Gasteiger partial charge is 0.328 e. The highest BCUT2D eigenvalue weighted by atomic mass is 32.1. The van der Waals surface area contributed by atoms with E-state index in [0.717, 1.165) is 12.8 Å². The van der Waals surface area contributed by atoms with Crippen molar-refractivity contribution in [1.29, 1.82) is 0 Å². The number of hydrogen-bond acceptors (Lipinski definition) is 2. The molecule has 1 rings (SSSR count). The predicted molar refractivity (Wildman–Crippen MR) is 64.8 cm³/mol. The first kappa shape index (κ1) is 11.7. The van der Waals surface area contributed by atoms with E-state index in [1.54, 1.807) is 0 Å². The fourth-order valence-electron chi connectivity index (χ4n) is 1.68. The van der Waals surface area contributed by atoms with Crippen LogP contribution in [-0.2, 0) is 12.8 Å². The van der Waals surface area contributed by atoms with Gasteiger partial charge in [-0.25, -0.2) is 0 Å². The zero-order valence-corrected chi connectivity index (χ0v) is 10.2. The van der Waals surface area contributed by atoms with Crippen LogP contribution in [0.25, 0.3) is 0 Å². The van der Waals surface area contributed by atoms with Gasteiger partial charge in [0.05, 0.1) is 0 Å². The van der Waals surface area contributed by atoms with Crippen molar-refractivity contribution in [3.05, 3.63) is 21.9 Å². The molecule has 0 saturated heterocycles. The van der Waals surface area contributed by atoms with Gasteiger partial charge in [0, 0.05) is 15.8 Å². The highest BCUT2D eigenvalue weighted by Crippen LogP contribution is 2.22. The van der Waals surface area contributed by atoms with Crippen LogP contribution in [0.5, 0.6) is 0 Å². The molecule has 1 aromatic rings. The first-order chi connectivity index (χ1) is 6.67. The summed E-state index contributed by atoms with van der Waals surface area (Å²) in [6.45, 7) is 6.54. The zero-order valence-electron chi connectivity index (χ0n) is 9.42. The summed E-state index contributed by atoms with van der Waals surface area (Å²) in [5.41, 5.74) is 5.94. The van der Waals surface area contributed by atoms with Crippen LogP contribution in [0.3, 0.4) is 0 Å². The molecule has 0 bridgehead atoms. The average Bonchev–Trinajstić information content (AvgIpc) is 2.61. The average molecular weight is 211 g/mol. The van der Waals surface area contributed by atoms with Gasteiger partial charge < -0.3 is 5.73 Å². The van der Waals surface area contributed by atoms with Gasteiger partial charge in [-0.15, -0.1) is 11.3 Å². The summed E-state index contributed by atoms with van der Waals surface area (Å²) in [6, 6.07) is 4.81. The molecule has 0 amide bonds. The summed E-state index contributed by atoms with van der Waals surface area (Å²) in [7, 11) is 0. The van der Waals surface area contributed by atoms with Crippen LogP contribution in [0.4, 0.5) is 0 Å². The van der Waals surface area contributed by atoms with Crippen molar-refractivity contribution in [1.82, 2.24) is 0 Å². The zero-order chi connectivity index (χ0) is 10.6. The Balaban J connectivity index is 2.57. The topological polar surface area (TPSA) is 26.0 Å². The Hall–Kier alpha value is -0.340. The van der Waals surface area contributed by atoms with E-state index in [1.165, 1.54) is 16.2 Å². The molecule has 2 atom stereocenters. The Morgan fingerprint density at radius 1 is 1.29 bits per heavy atom. The van der Waals surface area contributed by atoms with Gasteiger partial charge in [-0.2, -0.15) is 0 Å². The molecule has 2 heteroatoms. The maximum absolute atomic E-state index is 5.94. The van der Waals surface area contributed by atoms with Crippen molar-refractivity contribution in [2.75, 3.05) is 0 Å². The smallest absolute Gasteiger partial charge is 0.00515 e. The molecular weight excluding hydrogens is 190 g/mol. The SMILES string of the molecule is CCc1ccc(CC(CC)C(C)N)s1. The van der Waals surface area contributed by atoms with Crippen LogP contribution in [0.2, 0.25) is 0 Å². The lowest BCUT2D eigenvalue weighted by atomic mass is 9.95. The van der Waals surface area contributed by atoms with Crippen LogP contribution in [0, 0.1) is 5.92 Å². The molecule has 0 saturated carbocycles. The van der Waals surface area contributed by atoms with Crippen molar-refractivity contribution in [3.63, 3.8) is 0 Å². The van der Waals surface area contributed by atoms with E-state index in [-0.39, 0.29) is 0 Å². The quantitative estimate of drug-likeness (QED) is 0.795. The van der Waals surface area contributed by atoms with Gasteiger partial charge in [-0.3, -0.25) is 0 Å². The summed E-state index contributed by atoms with van der Waals surface area (Å²) in [6.07, 6.45) is 3.48. The molecule has 2 N–H and O–H groups in total. The van der Waals surface area contributed by atoms with Gasteiger partial charge in [0.2, 0.25) is 0 Å². The van der Waals surface area contributed by atoms with E-state index < -0.39 is 0 Å². The van der Waals surface area contributed by atoms with Crippen LogP contribution in [0.15, 0.2) is 12.1 Å². The molecule has 2 unspecified atom stereocenters. The second-order valence-electron chi connectivity index (χ2n) is 3.95. The Kier molecular flexibility index (Phi) is 4.63. The molecular formula is C12H21NS. The number of rotatable bonds is 5. The molecule has 80 valence electrons. The fraction of sp³-hybridized carbons (Fsp3) is 0.667. The van der Waals surface area contributed by atoms with Crippen LogP contribution >= 0.6 is 11.3 Å². The Labute approximate surface area is 91.3 Å². The Morgan fingerprint density at radius 2 is 1.93 bits per heavy atom. The highest BCUT2D eigenvalue weighted by Gasteiger charge is 2.13. The molecule has 14 heavy (non-hydrogen) atoms. The van der Waals surface area contributed by atoms with E-state index >= 15 is 0 Å². The van der Waals surface area contributed by atoms with E-state index in [0.29, 0.717) is 12.0 Å². The summed E-state index contributed by atoms with van der Waals surface area (Å²) >= 11 is 1.94. The number of hydrogen-bond donors (Lipinski definition) is 1. The monoisotopic (exact) mass is 211 g/mol. The molecule has 0 radical (unpaired) electrons. The van der Waals surface area contributed by atoms with Gasteiger partial charge in [-0.05, 0) is 37.8 Å². The first-order valence-electron chi connectivity index (χ1n) is 5.50. The molecule has 0 aliphatic rings. The summed E-state index contributed by atoms with van der Waals surface area (Å²) in [5.74, 6) is 0.637. The highest BCUT2D eigenvalue weighted by molar-refractivity contribution is 7.11. The molecule has 0 aliphatic carbocycles. The molecule has 0 fully saturated rings. The Morgan fingerprint density at radius 3 is 2.36 bits per heavy atom. The lowest BCUT2D eigenvalue weighted by molar-refractivity contribution is 0.430. The van der Waals surface area contributed by atoms with Crippen molar-refractivity contribution in [2.24, 2.45) is 11.7 Å². The van der Waals surface area contributed by atoms with Crippen LogP contribution in [-0.4, -0.2) is 6.04 Å². The molecule has 0 spiro atoms. The fourth-order valence-corrected chi connectivity index (χ4v) is 2.73. The number of aryl methyl sites for hydroxylation is 1. The summed E-state index contributed by atoms with van der Waals surface area (Å²) < 4.78 is 0. The first-order valence-corrected chi connectivity index (χ1v) is 6.32. The normalized spacial score (nSPS) is 15.4. The van der Waals surface area contributed by atoms with Gasteiger partial charge in [0.25, 0.3) is 0 Å². The molecule has 0 aromatic carbocycles. The third kappa shape index (κ3) is 3.10. The van der Waals surface area contributed by atoms with Gasteiger partial charge in [-0.1, -0.05) is 20.3 Å². The maximum atomic E-state index is 5.94. The lowest BCUT2D eigenvalue weighted by Gasteiger charge is -2.17. The van der Waals surface area contributed by atoms with E-state index in [2.05, 4.69) is 32.9 Å². The molecule has 1 heterocycles. The molecule has 0 aliphatic heterocycles. The molecule has 1 nitrogen and oxygen atoms in total. The summed E-state index contributed by atoms with van der Waals surface area (Å²) in [4.78, 5) is 2.98. The van der Waals surface area contributed by atoms with Crippen molar-refractivity contribution < 1.29 is 0 Å². The lowest BCUT2D eigenvalue weighted by Crippen LogP contribution is -2.27. The standard InChI is InChI=1S/C12H21NS/c1-4-10(9(3)13)8-12-7-6-11(5-2)14-12/h6-7,9-10H,4-5,8,13H2,1-3H3. The Bertz CT molecular complexity index is 265. The van der Waals surface area contributed by atoms with Gasteiger partial charge >= 0.3 is 0 Å². The third-order valence-electron chi connectivity index (χ3n) is 2.80. The maximum Gasteiger partial charge on any atom is 0.00515 e. The summed E-state index contributed by atoms with van der Waals surface area (Å²) in [5, 5.41) is 0.